The molecule has 41 heavy (non-hydrogen) atoms. The Hall–Kier alpha value is -4.14. The van der Waals surface area contributed by atoms with E-state index in [4.69, 9.17) is 5.41 Å². The summed E-state index contributed by atoms with van der Waals surface area (Å²) in [6.45, 7) is 1.93. The maximum Gasteiger partial charge on any atom is 0.264 e. The molecule has 2 saturated carbocycles. The lowest BCUT2D eigenvalue weighted by molar-refractivity contribution is 0.0931. The van der Waals surface area contributed by atoms with Crippen LogP contribution in [0.25, 0.3) is 11.1 Å². The van der Waals surface area contributed by atoms with Gasteiger partial charge in [-0.05, 0) is 103 Å². The Kier molecular flexibility index (Phi) is 7.05. The Labute approximate surface area is 235 Å². The van der Waals surface area contributed by atoms with Crippen LogP contribution in [0.15, 0.2) is 67.0 Å². The summed E-state index contributed by atoms with van der Waals surface area (Å²) in [7, 11) is 0. The third-order valence-electron chi connectivity index (χ3n) is 7.95. The molecule has 2 aliphatic rings. The molecule has 0 aliphatic heterocycles. The molecule has 0 bridgehead atoms. The van der Waals surface area contributed by atoms with Gasteiger partial charge in [-0.3, -0.25) is 10.2 Å². The van der Waals surface area contributed by atoms with Crippen molar-refractivity contribution in [3.05, 3.63) is 112 Å². The Bertz CT molecular complexity index is 1680. The number of alkyl halides is 2. The Balaban J connectivity index is 1.39. The predicted octanol–water partition coefficient (Wildman–Crippen LogP) is 7.22. The fraction of sp³-hybridized carbons (Fsp3) is 0.312. The quantitative estimate of drug-likeness (QED) is 0.208. The highest BCUT2D eigenvalue weighted by Gasteiger charge is 2.34. The monoisotopic (exact) mass is 562 g/mol. The number of rotatable bonds is 9. The summed E-state index contributed by atoms with van der Waals surface area (Å²) in [5, 5.41) is 11.7. The fourth-order valence-corrected chi connectivity index (χ4v) is 5.45. The van der Waals surface area contributed by atoms with E-state index in [2.05, 4.69) is 5.32 Å². The van der Waals surface area contributed by atoms with E-state index >= 15 is 0 Å². The summed E-state index contributed by atoms with van der Waals surface area (Å²) in [5.74, 6) is -1.25. The number of aromatic nitrogens is 2. The molecule has 0 spiro atoms. The van der Waals surface area contributed by atoms with Crippen LogP contribution in [0.5, 0.6) is 0 Å². The average molecular weight is 563 g/mol. The van der Waals surface area contributed by atoms with Crippen LogP contribution in [0.1, 0.15) is 76.8 Å². The molecule has 4 aromatic rings. The van der Waals surface area contributed by atoms with Gasteiger partial charge in [0.1, 0.15) is 11.6 Å². The molecule has 212 valence electrons. The molecule has 1 unspecified atom stereocenters. The number of halogens is 4. The number of nitrogens with zero attached hydrogens (tertiary/aromatic N) is 2. The van der Waals surface area contributed by atoms with Crippen molar-refractivity contribution in [3.63, 3.8) is 0 Å². The van der Waals surface area contributed by atoms with E-state index in [0.717, 1.165) is 43.4 Å². The van der Waals surface area contributed by atoms with Crippen molar-refractivity contribution in [1.29, 1.82) is 5.41 Å². The van der Waals surface area contributed by atoms with Crippen molar-refractivity contribution in [1.82, 2.24) is 14.5 Å². The van der Waals surface area contributed by atoms with E-state index in [-0.39, 0.29) is 41.4 Å². The fourth-order valence-electron chi connectivity index (χ4n) is 5.45. The van der Waals surface area contributed by atoms with Crippen molar-refractivity contribution in [2.45, 2.75) is 57.7 Å². The van der Waals surface area contributed by atoms with Gasteiger partial charge in [0.2, 0.25) is 5.62 Å². The number of amides is 1. The lowest BCUT2D eigenvalue weighted by Gasteiger charge is -2.20. The summed E-state index contributed by atoms with van der Waals surface area (Å²) in [5.41, 5.74) is 2.56. The topological polar surface area (TPSA) is 62.8 Å². The zero-order valence-electron chi connectivity index (χ0n) is 22.5. The van der Waals surface area contributed by atoms with Crippen LogP contribution in [0.3, 0.4) is 0 Å². The van der Waals surface area contributed by atoms with E-state index in [1.165, 1.54) is 12.1 Å². The van der Waals surface area contributed by atoms with Crippen LogP contribution >= 0.6 is 0 Å². The highest BCUT2D eigenvalue weighted by molar-refractivity contribution is 5.96. The van der Waals surface area contributed by atoms with E-state index in [1.54, 1.807) is 48.0 Å². The maximum atomic E-state index is 13.9. The lowest BCUT2D eigenvalue weighted by atomic mass is 9.95. The molecule has 2 fully saturated rings. The average Bonchev–Trinajstić information content (AvgIpc) is 3.88. The minimum absolute atomic E-state index is 0.136. The van der Waals surface area contributed by atoms with Crippen LogP contribution < -0.4 is 10.9 Å². The minimum atomic E-state index is -2.91. The summed E-state index contributed by atoms with van der Waals surface area (Å²) < 4.78 is 59.4. The minimum Gasteiger partial charge on any atom is -0.345 e. The number of hydrogen-bond donors (Lipinski definition) is 2. The van der Waals surface area contributed by atoms with E-state index < -0.39 is 17.8 Å². The van der Waals surface area contributed by atoms with E-state index in [1.807, 2.05) is 10.8 Å². The van der Waals surface area contributed by atoms with Gasteiger partial charge in [0.15, 0.2) is 0 Å². The molecule has 1 amide bonds. The molecule has 2 N–H and O–H groups in total. The zero-order chi connectivity index (χ0) is 28.8. The van der Waals surface area contributed by atoms with Gasteiger partial charge in [-0.1, -0.05) is 18.2 Å². The number of hydrogen-bond acceptors (Lipinski definition) is 2. The van der Waals surface area contributed by atoms with Gasteiger partial charge in [-0.2, -0.15) is 0 Å². The number of nitrogens with one attached hydrogen (secondary N) is 2. The van der Waals surface area contributed by atoms with Crippen LogP contribution in [0.4, 0.5) is 17.6 Å². The van der Waals surface area contributed by atoms with Crippen LogP contribution in [-0.4, -0.2) is 15.0 Å². The van der Waals surface area contributed by atoms with Crippen LogP contribution in [0.2, 0.25) is 0 Å². The largest absolute Gasteiger partial charge is 0.345 e. The molecule has 2 aliphatic carbocycles. The second kappa shape index (κ2) is 10.7. The molecular formula is C32H30F4N4O. The van der Waals surface area contributed by atoms with Gasteiger partial charge < -0.3 is 14.5 Å². The molecule has 1 atom stereocenters. The van der Waals surface area contributed by atoms with Crippen molar-refractivity contribution >= 4 is 5.91 Å². The van der Waals surface area contributed by atoms with Gasteiger partial charge in [-0.15, -0.1) is 0 Å². The summed E-state index contributed by atoms with van der Waals surface area (Å²) >= 11 is 0. The number of carbonyl (C=O) groups excluding carboxylic acids is 1. The van der Waals surface area contributed by atoms with Crippen LogP contribution in [0, 0.1) is 29.9 Å². The molecule has 1 heterocycles. The van der Waals surface area contributed by atoms with Gasteiger partial charge in [-0.25, -0.2) is 17.6 Å². The SMILES string of the molecule is Cc1cc(C(NC(=O)c2cc(Cn3ccn(C4CC4)c3=N)cc(-c3ccc(F)cc3C(F)F)c2)C2CC2)ccc1F. The van der Waals surface area contributed by atoms with Gasteiger partial charge in [0.05, 0.1) is 12.6 Å². The highest BCUT2D eigenvalue weighted by atomic mass is 19.3. The zero-order valence-corrected chi connectivity index (χ0v) is 22.5. The molecule has 1 aromatic heterocycles. The molecule has 3 aromatic carbocycles. The summed E-state index contributed by atoms with van der Waals surface area (Å²) in [6.07, 6.45) is 4.66. The van der Waals surface area contributed by atoms with E-state index in [9.17, 15) is 22.4 Å². The van der Waals surface area contributed by atoms with E-state index in [0.29, 0.717) is 28.4 Å². The van der Waals surface area contributed by atoms with Crippen molar-refractivity contribution < 1.29 is 22.4 Å². The summed E-state index contributed by atoms with van der Waals surface area (Å²) in [6, 6.07) is 13.0. The summed E-state index contributed by atoms with van der Waals surface area (Å²) in [4.78, 5) is 13.7. The Morgan fingerprint density at radius 1 is 1.00 bits per heavy atom. The van der Waals surface area contributed by atoms with Crippen molar-refractivity contribution in [2.75, 3.05) is 0 Å². The van der Waals surface area contributed by atoms with Crippen LogP contribution in [-0.2, 0) is 6.54 Å². The third-order valence-corrected chi connectivity index (χ3v) is 7.95. The predicted molar refractivity (Wildman–Crippen MR) is 147 cm³/mol. The maximum absolute atomic E-state index is 13.9. The number of imidazole rings is 1. The molecule has 9 heteroatoms. The first kappa shape index (κ1) is 27.1. The van der Waals surface area contributed by atoms with Crippen molar-refractivity contribution in [2.24, 2.45) is 5.92 Å². The molecule has 0 saturated heterocycles. The third kappa shape index (κ3) is 5.71. The smallest absolute Gasteiger partial charge is 0.264 e. The van der Waals surface area contributed by atoms with Gasteiger partial charge in [0, 0.05) is 29.6 Å². The Morgan fingerprint density at radius 2 is 1.78 bits per heavy atom. The number of carbonyl (C=O) groups is 1. The first-order valence-corrected chi connectivity index (χ1v) is 13.8. The molecule has 6 rings (SSSR count). The standard InChI is InChI=1S/C32H30F4N4O/c1-18-12-21(4-9-28(18)34)29(20-2-3-20)38-31(41)23-14-19(17-39-10-11-40(32(39)37)25-6-7-25)13-22(15-23)26-8-5-24(33)16-27(26)30(35)36/h4-5,8-16,20,25,29-30,37H,2-3,6-7,17H2,1H3,(H,38,41). The lowest BCUT2D eigenvalue weighted by Crippen LogP contribution is -2.30. The molecule has 5 nitrogen and oxygen atoms in total. The molecular weight excluding hydrogens is 532 g/mol. The second-order valence-electron chi connectivity index (χ2n) is 11.1. The molecule has 0 radical (unpaired) electrons. The first-order valence-electron chi connectivity index (χ1n) is 13.8. The second-order valence-corrected chi connectivity index (χ2v) is 11.1. The number of benzene rings is 3. The highest BCUT2D eigenvalue weighted by Crippen LogP contribution is 2.42. The Morgan fingerprint density at radius 3 is 2.46 bits per heavy atom. The normalized spacial score (nSPS) is 15.8. The number of aryl methyl sites for hydroxylation is 1. The van der Waals surface area contributed by atoms with Gasteiger partial charge >= 0.3 is 0 Å². The van der Waals surface area contributed by atoms with Gasteiger partial charge in [0.25, 0.3) is 12.3 Å². The van der Waals surface area contributed by atoms with Crippen molar-refractivity contribution in [3.8, 4) is 11.1 Å². The first-order chi connectivity index (χ1) is 19.7.